The molecular weight excluding hydrogens is 669 g/mol. The van der Waals surface area contributed by atoms with Gasteiger partial charge in [0, 0.05) is 26.4 Å². The summed E-state index contributed by atoms with van der Waals surface area (Å²) in [6.45, 7) is -0.253. The van der Waals surface area contributed by atoms with Gasteiger partial charge in [-0.3, -0.25) is 0 Å². The Balaban J connectivity index is 7.37. The first-order valence-electron chi connectivity index (χ1n) is 10.5. The predicted octanol–water partition coefficient (Wildman–Crippen LogP) is 6.15. The van der Waals surface area contributed by atoms with Crippen LogP contribution in [0.5, 0.6) is 0 Å². The van der Waals surface area contributed by atoms with Crippen LogP contribution in [0.3, 0.4) is 0 Å². The molecule has 0 atom stereocenters. The average Bonchev–Trinajstić information content (AvgIpc) is 2.78. The van der Waals surface area contributed by atoms with Crippen molar-refractivity contribution in [3.63, 3.8) is 0 Å². The molecule has 0 radical (unpaired) electrons. The van der Waals surface area contributed by atoms with E-state index < -0.39 is 96.3 Å². The summed E-state index contributed by atoms with van der Waals surface area (Å²) in [4.78, 5) is 0. The number of halogens is 17. The Kier molecular flexibility index (Phi) is 11.4. The molecule has 0 bridgehead atoms. The van der Waals surface area contributed by atoms with Crippen molar-refractivity contribution < 1.29 is 96.3 Å². The van der Waals surface area contributed by atoms with Crippen LogP contribution in [0.1, 0.15) is 27.7 Å². The Morgan fingerprint density at radius 2 is 0.780 bits per heavy atom. The Labute approximate surface area is 221 Å². The standard InChI is InChI=1S/C16H20F17NO5SSi/c1-5-34(41(37-6-2,38-7-3)39-8-4)40(35,36)16(32,33)14(27,28)12(23,24)10(19,20)9(17,18)11(21,22)13(25,26)15(29,30)31/h5-8H2,1-4H3. The van der Waals surface area contributed by atoms with E-state index in [0.29, 0.717) is 6.92 Å². The normalized spacial score (nSPS) is 16.0. The molecule has 248 valence electrons. The van der Waals surface area contributed by atoms with E-state index in [0.717, 1.165) is 20.8 Å². The molecule has 0 aromatic heterocycles. The maximum Gasteiger partial charge on any atom is 0.613 e. The van der Waals surface area contributed by atoms with Gasteiger partial charge in [-0.05, 0) is 20.8 Å². The summed E-state index contributed by atoms with van der Waals surface area (Å²) in [6, 6.07) is 0. The average molecular weight is 689 g/mol. The third-order valence-electron chi connectivity index (χ3n) is 4.88. The van der Waals surface area contributed by atoms with Gasteiger partial charge in [0.1, 0.15) is 0 Å². The zero-order valence-corrected chi connectivity index (χ0v) is 22.5. The number of nitrogens with zero attached hydrogens (tertiary/aromatic N) is 1. The highest BCUT2D eigenvalue weighted by atomic mass is 32.2. The molecule has 0 spiro atoms. The smallest absolute Gasteiger partial charge is 0.361 e. The molecule has 25 heteroatoms. The van der Waals surface area contributed by atoms with Crippen LogP contribution in [0.25, 0.3) is 0 Å². The van der Waals surface area contributed by atoms with Crippen molar-refractivity contribution >= 4 is 19.0 Å². The summed E-state index contributed by atoms with van der Waals surface area (Å²) in [5.74, 6) is -52.1. The van der Waals surface area contributed by atoms with Gasteiger partial charge in [-0.1, -0.05) is 6.92 Å². The molecule has 0 aliphatic carbocycles. The van der Waals surface area contributed by atoms with Crippen molar-refractivity contribution in [2.24, 2.45) is 0 Å². The van der Waals surface area contributed by atoms with Gasteiger partial charge in [-0.2, -0.15) is 74.6 Å². The van der Waals surface area contributed by atoms with Crippen LogP contribution >= 0.6 is 0 Å². The molecule has 0 saturated heterocycles. The van der Waals surface area contributed by atoms with E-state index in [2.05, 4.69) is 0 Å². The molecule has 6 nitrogen and oxygen atoms in total. The molecule has 0 aromatic carbocycles. The lowest BCUT2D eigenvalue weighted by Gasteiger charge is -2.43. The highest BCUT2D eigenvalue weighted by Gasteiger charge is 2.96. The van der Waals surface area contributed by atoms with Crippen molar-refractivity contribution in [2.75, 3.05) is 26.4 Å². The first kappa shape index (κ1) is 39.8. The van der Waals surface area contributed by atoms with E-state index in [1.165, 1.54) is 0 Å². The minimum atomic E-state index is -8.92. The molecule has 0 unspecified atom stereocenters. The number of sulfonamides is 1. The third kappa shape index (κ3) is 5.61. The van der Waals surface area contributed by atoms with Gasteiger partial charge in [-0.25, -0.2) is 8.42 Å². The van der Waals surface area contributed by atoms with Crippen LogP contribution in [0.4, 0.5) is 74.6 Å². The molecule has 0 aliphatic heterocycles. The van der Waals surface area contributed by atoms with Gasteiger partial charge in [0.15, 0.2) is 0 Å². The van der Waals surface area contributed by atoms with E-state index in [4.69, 9.17) is 13.3 Å². The van der Waals surface area contributed by atoms with E-state index in [1.807, 2.05) is 0 Å². The summed E-state index contributed by atoms with van der Waals surface area (Å²) in [5, 5.41) is -7.75. The molecule has 0 heterocycles. The summed E-state index contributed by atoms with van der Waals surface area (Å²) in [6.07, 6.45) is -7.91. The molecule has 0 fully saturated rings. The number of rotatable bonds is 16. The Morgan fingerprint density at radius 1 is 0.512 bits per heavy atom. The zero-order chi connectivity index (χ0) is 33.5. The van der Waals surface area contributed by atoms with E-state index >= 15 is 0 Å². The van der Waals surface area contributed by atoms with E-state index in [1.54, 1.807) is 0 Å². The SMILES string of the molecule is CCO[Si](OCC)(OCC)N(CC)S(=O)(=O)C(F)(F)C(F)(F)C(F)(F)C(F)(F)C(F)(F)C(F)(F)C(F)(F)C(F)(F)F. The topological polar surface area (TPSA) is 65.1 Å². The molecule has 0 aromatic rings. The molecule has 0 N–H and O–H groups in total. The fourth-order valence-corrected chi connectivity index (χ4v) is 8.08. The molecule has 0 aliphatic rings. The van der Waals surface area contributed by atoms with Crippen LogP contribution in [0, 0.1) is 0 Å². The monoisotopic (exact) mass is 689 g/mol. The summed E-state index contributed by atoms with van der Waals surface area (Å²) >= 11 is 0. The Morgan fingerprint density at radius 3 is 1.02 bits per heavy atom. The zero-order valence-electron chi connectivity index (χ0n) is 20.7. The van der Waals surface area contributed by atoms with Gasteiger partial charge in [0.25, 0.3) is 10.0 Å². The maximum atomic E-state index is 14.7. The first-order chi connectivity index (χ1) is 17.9. The fourth-order valence-electron chi connectivity index (χ4n) is 2.85. The van der Waals surface area contributed by atoms with Gasteiger partial charge in [-0.15, -0.1) is 3.97 Å². The molecule has 0 saturated carbocycles. The van der Waals surface area contributed by atoms with E-state index in [9.17, 15) is 83.1 Å². The van der Waals surface area contributed by atoms with Crippen LogP contribution in [0.15, 0.2) is 0 Å². The maximum absolute atomic E-state index is 14.7. The van der Waals surface area contributed by atoms with E-state index in [-0.39, 0.29) is 0 Å². The van der Waals surface area contributed by atoms with Crippen LogP contribution < -0.4 is 0 Å². The second kappa shape index (κ2) is 11.7. The Bertz CT molecular complexity index is 988. The van der Waals surface area contributed by atoms with Crippen molar-refractivity contribution in [3.05, 3.63) is 0 Å². The minimum absolute atomic E-state index is 0.519. The van der Waals surface area contributed by atoms with Gasteiger partial charge < -0.3 is 13.3 Å². The molecule has 0 amide bonds. The van der Waals surface area contributed by atoms with Crippen LogP contribution in [0.2, 0.25) is 0 Å². The number of alkyl halides is 17. The quantitative estimate of drug-likeness (QED) is 0.144. The molecular formula is C16H20F17NO5SSi. The Hall–Kier alpha value is -1.18. The van der Waals surface area contributed by atoms with Crippen molar-refractivity contribution in [2.45, 2.75) is 74.7 Å². The second-order valence-corrected chi connectivity index (χ2v) is 12.1. The van der Waals surface area contributed by atoms with Gasteiger partial charge >= 0.3 is 55.9 Å². The van der Waals surface area contributed by atoms with Crippen LogP contribution in [-0.4, -0.2) is 94.7 Å². The first-order valence-corrected chi connectivity index (χ1v) is 13.6. The van der Waals surface area contributed by atoms with Crippen molar-refractivity contribution in [1.82, 2.24) is 3.97 Å². The highest BCUT2D eigenvalue weighted by molar-refractivity contribution is 7.91. The lowest BCUT2D eigenvalue weighted by atomic mass is 9.91. The molecule has 41 heavy (non-hydrogen) atoms. The third-order valence-corrected chi connectivity index (χ3v) is 10.9. The number of hydrogen-bond acceptors (Lipinski definition) is 5. The molecule has 0 rings (SSSR count). The van der Waals surface area contributed by atoms with Gasteiger partial charge in [0.05, 0.1) is 0 Å². The highest BCUT2D eigenvalue weighted by Crippen LogP contribution is 2.64. The second-order valence-electron chi connectivity index (χ2n) is 7.45. The summed E-state index contributed by atoms with van der Waals surface area (Å²) < 4.78 is 269. The predicted molar refractivity (Wildman–Crippen MR) is 103 cm³/mol. The lowest BCUT2D eigenvalue weighted by Crippen LogP contribution is -2.76. The summed E-state index contributed by atoms with van der Waals surface area (Å²) in [5.41, 5.74) is 0. The van der Waals surface area contributed by atoms with Crippen molar-refractivity contribution in [3.8, 4) is 0 Å². The van der Waals surface area contributed by atoms with Crippen molar-refractivity contribution in [1.29, 1.82) is 0 Å². The minimum Gasteiger partial charge on any atom is -0.361 e. The number of hydrogen-bond donors (Lipinski definition) is 0. The fraction of sp³-hybridized carbons (Fsp3) is 1.00. The van der Waals surface area contributed by atoms with Crippen LogP contribution in [-0.2, 0) is 23.3 Å². The lowest BCUT2D eigenvalue weighted by molar-refractivity contribution is -0.458. The summed E-state index contributed by atoms with van der Waals surface area (Å²) in [7, 11) is -13.1. The largest absolute Gasteiger partial charge is 0.613 e. The van der Waals surface area contributed by atoms with Gasteiger partial charge in [0.2, 0.25) is 0 Å².